The van der Waals surface area contributed by atoms with Crippen molar-refractivity contribution in [1.82, 2.24) is 0 Å². The number of amides is 2. The van der Waals surface area contributed by atoms with Crippen molar-refractivity contribution < 1.29 is 14.3 Å². The van der Waals surface area contributed by atoms with Crippen molar-refractivity contribution in [3.63, 3.8) is 0 Å². The maximum atomic E-state index is 12.8. The van der Waals surface area contributed by atoms with E-state index >= 15 is 0 Å². The first-order valence-corrected chi connectivity index (χ1v) is 7.29. The van der Waals surface area contributed by atoms with E-state index in [0.29, 0.717) is 5.02 Å². The van der Waals surface area contributed by atoms with E-state index in [0.717, 1.165) is 4.90 Å². The zero-order valence-electron chi connectivity index (χ0n) is 11.6. The molecular weight excluding hydrogens is 304 g/mol. The number of carbonyl (C=O) groups excluding carboxylic acids is 2. The quantitative estimate of drug-likeness (QED) is 0.587. The summed E-state index contributed by atoms with van der Waals surface area (Å²) in [6.07, 6.45) is 3.30. The van der Waals surface area contributed by atoms with Crippen LogP contribution in [-0.4, -0.2) is 23.5 Å². The SMILES string of the molecule is C[C@@]12C=C[C@@H](O1)[C@H]1C(=O)N(c3cc(Cl)ccc3C#N)C(=O)[C@@H]12. The van der Waals surface area contributed by atoms with Crippen LogP contribution in [0.15, 0.2) is 30.4 Å². The number of nitriles is 1. The van der Waals surface area contributed by atoms with Crippen molar-refractivity contribution in [1.29, 1.82) is 5.26 Å². The Labute approximate surface area is 131 Å². The topological polar surface area (TPSA) is 70.4 Å². The summed E-state index contributed by atoms with van der Waals surface area (Å²) in [4.78, 5) is 26.7. The third-order valence-electron chi connectivity index (χ3n) is 4.65. The first-order chi connectivity index (χ1) is 10.5. The Hall–Kier alpha value is -2.16. The largest absolute Gasteiger partial charge is 0.362 e. The van der Waals surface area contributed by atoms with Crippen LogP contribution in [0.1, 0.15) is 12.5 Å². The van der Waals surface area contributed by atoms with E-state index in [1.807, 2.05) is 25.1 Å². The zero-order valence-corrected chi connectivity index (χ0v) is 12.4. The molecule has 0 N–H and O–H groups in total. The van der Waals surface area contributed by atoms with E-state index in [4.69, 9.17) is 16.3 Å². The molecule has 2 bridgehead atoms. The lowest BCUT2D eigenvalue weighted by atomic mass is 9.78. The van der Waals surface area contributed by atoms with Gasteiger partial charge in [-0.3, -0.25) is 9.59 Å². The molecule has 22 heavy (non-hydrogen) atoms. The molecule has 0 aliphatic carbocycles. The predicted octanol–water partition coefficient (Wildman–Crippen LogP) is 2.04. The maximum Gasteiger partial charge on any atom is 0.241 e. The number of ether oxygens (including phenoxy) is 1. The van der Waals surface area contributed by atoms with E-state index in [2.05, 4.69) is 0 Å². The Morgan fingerprint density at radius 2 is 2.14 bits per heavy atom. The fourth-order valence-electron chi connectivity index (χ4n) is 3.67. The Bertz CT molecular complexity index is 797. The smallest absolute Gasteiger partial charge is 0.241 e. The van der Waals surface area contributed by atoms with Crippen molar-refractivity contribution in [2.45, 2.75) is 18.6 Å². The molecule has 2 fully saturated rings. The van der Waals surface area contributed by atoms with E-state index in [9.17, 15) is 14.9 Å². The molecule has 3 heterocycles. The molecule has 0 spiro atoms. The molecule has 1 aromatic rings. The number of nitrogens with zero attached hydrogens (tertiary/aromatic N) is 2. The van der Waals surface area contributed by atoms with Gasteiger partial charge >= 0.3 is 0 Å². The minimum Gasteiger partial charge on any atom is -0.362 e. The highest BCUT2D eigenvalue weighted by molar-refractivity contribution is 6.31. The number of fused-ring (bicyclic) bond motifs is 5. The number of rotatable bonds is 1. The summed E-state index contributed by atoms with van der Waals surface area (Å²) in [5, 5.41) is 9.60. The first-order valence-electron chi connectivity index (χ1n) is 6.91. The number of carbonyl (C=O) groups is 2. The monoisotopic (exact) mass is 314 g/mol. The van der Waals surface area contributed by atoms with Crippen LogP contribution in [0.4, 0.5) is 5.69 Å². The van der Waals surface area contributed by atoms with Gasteiger partial charge < -0.3 is 4.74 Å². The molecule has 3 aliphatic rings. The summed E-state index contributed by atoms with van der Waals surface area (Å²) >= 11 is 5.97. The molecule has 6 heteroatoms. The summed E-state index contributed by atoms with van der Waals surface area (Å²) in [5.41, 5.74) is -0.248. The van der Waals surface area contributed by atoms with Gasteiger partial charge in [-0.05, 0) is 25.1 Å². The average Bonchev–Trinajstić information content (AvgIpc) is 3.08. The van der Waals surface area contributed by atoms with Crippen molar-refractivity contribution in [3.8, 4) is 6.07 Å². The number of imide groups is 1. The Balaban J connectivity index is 1.84. The molecule has 4 rings (SSSR count). The Kier molecular flexibility index (Phi) is 2.57. The van der Waals surface area contributed by atoms with Crippen molar-refractivity contribution >= 4 is 29.1 Å². The van der Waals surface area contributed by atoms with Gasteiger partial charge in [-0.2, -0.15) is 5.26 Å². The van der Waals surface area contributed by atoms with Gasteiger partial charge in [-0.25, -0.2) is 4.90 Å². The summed E-state index contributed by atoms with van der Waals surface area (Å²) in [6.45, 7) is 1.81. The van der Waals surface area contributed by atoms with E-state index in [1.165, 1.54) is 12.1 Å². The van der Waals surface area contributed by atoms with Gasteiger partial charge in [0, 0.05) is 5.02 Å². The number of benzene rings is 1. The molecule has 3 aliphatic heterocycles. The van der Waals surface area contributed by atoms with Crippen LogP contribution < -0.4 is 4.90 Å². The Morgan fingerprint density at radius 1 is 1.36 bits per heavy atom. The van der Waals surface area contributed by atoms with Crippen LogP contribution in [0.2, 0.25) is 5.02 Å². The van der Waals surface area contributed by atoms with Crippen molar-refractivity contribution in [3.05, 3.63) is 40.9 Å². The van der Waals surface area contributed by atoms with E-state index in [-0.39, 0.29) is 29.2 Å². The summed E-state index contributed by atoms with van der Waals surface area (Å²) in [7, 11) is 0. The molecular formula is C16H11ClN2O3. The first kappa shape index (κ1) is 13.5. The summed E-state index contributed by atoms with van der Waals surface area (Å²) < 4.78 is 5.76. The molecule has 1 aromatic carbocycles. The minimum atomic E-state index is -0.748. The van der Waals surface area contributed by atoms with Crippen molar-refractivity contribution in [2.24, 2.45) is 11.8 Å². The molecule has 2 amide bonds. The van der Waals surface area contributed by atoms with Crippen LogP contribution in [0.25, 0.3) is 0 Å². The average molecular weight is 315 g/mol. The van der Waals surface area contributed by atoms with Crippen LogP contribution in [0, 0.1) is 23.2 Å². The number of halogens is 1. The highest BCUT2D eigenvalue weighted by Gasteiger charge is 2.66. The van der Waals surface area contributed by atoms with E-state index in [1.54, 1.807) is 6.07 Å². The van der Waals surface area contributed by atoms with Gasteiger partial charge in [0.1, 0.15) is 6.07 Å². The van der Waals surface area contributed by atoms with Crippen LogP contribution in [0.5, 0.6) is 0 Å². The second kappa shape index (κ2) is 4.19. The third-order valence-corrected chi connectivity index (χ3v) is 4.89. The Morgan fingerprint density at radius 3 is 2.82 bits per heavy atom. The van der Waals surface area contributed by atoms with Gasteiger partial charge in [0.25, 0.3) is 0 Å². The van der Waals surface area contributed by atoms with Gasteiger partial charge in [-0.1, -0.05) is 23.8 Å². The second-order valence-electron chi connectivity index (χ2n) is 5.91. The van der Waals surface area contributed by atoms with Gasteiger partial charge in [0.05, 0.1) is 34.8 Å². The molecule has 0 radical (unpaired) electrons. The second-order valence-corrected chi connectivity index (χ2v) is 6.35. The van der Waals surface area contributed by atoms with Crippen LogP contribution in [-0.2, 0) is 14.3 Å². The van der Waals surface area contributed by atoms with Gasteiger partial charge in [0.2, 0.25) is 11.8 Å². The maximum absolute atomic E-state index is 12.8. The highest BCUT2D eigenvalue weighted by Crippen LogP contribution is 2.52. The fourth-order valence-corrected chi connectivity index (χ4v) is 3.84. The number of anilines is 1. The molecule has 4 atom stereocenters. The minimum absolute atomic E-state index is 0.248. The molecule has 110 valence electrons. The lowest BCUT2D eigenvalue weighted by Crippen LogP contribution is -2.38. The normalized spacial score (nSPS) is 35.1. The van der Waals surface area contributed by atoms with Crippen LogP contribution >= 0.6 is 11.6 Å². The van der Waals surface area contributed by atoms with Gasteiger partial charge in [-0.15, -0.1) is 0 Å². The molecule has 5 nitrogen and oxygen atoms in total. The molecule has 0 unspecified atom stereocenters. The lowest BCUT2D eigenvalue weighted by molar-refractivity contribution is -0.126. The number of hydrogen-bond acceptors (Lipinski definition) is 4. The number of hydrogen-bond donors (Lipinski definition) is 0. The zero-order chi connectivity index (χ0) is 15.6. The summed E-state index contributed by atoms with van der Waals surface area (Å²) in [6, 6.07) is 6.56. The van der Waals surface area contributed by atoms with Crippen molar-refractivity contribution in [2.75, 3.05) is 4.90 Å². The summed E-state index contributed by atoms with van der Waals surface area (Å²) in [5.74, 6) is -1.72. The predicted molar refractivity (Wildman–Crippen MR) is 78.1 cm³/mol. The van der Waals surface area contributed by atoms with Crippen LogP contribution in [0.3, 0.4) is 0 Å². The third kappa shape index (κ3) is 1.51. The highest BCUT2D eigenvalue weighted by atomic mass is 35.5. The fraction of sp³-hybridized carbons (Fsp3) is 0.312. The van der Waals surface area contributed by atoms with E-state index < -0.39 is 17.4 Å². The standard InChI is InChI=1S/C16H11ClN2O3/c1-16-5-4-11(22-16)12-13(16)15(21)19(14(12)20)10-6-9(17)3-2-8(10)7-18/h2-6,11-13H,1H3/t11-,12-,13-,16+/m1/s1. The lowest BCUT2D eigenvalue weighted by Gasteiger charge is -2.24. The molecule has 0 aromatic heterocycles. The van der Waals surface area contributed by atoms with Gasteiger partial charge in [0.15, 0.2) is 0 Å². The molecule has 0 saturated carbocycles. The molecule has 2 saturated heterocycles.